The maximum absolute atomic E-state index is 2.38. The fourth-order valence-corrected chi connectivity index (χ4v) is 2.50. The molecule has 0 aromatic carbocycles. The topological polar surface area (TPSA) is 0 Å². The van der Waals surface area contributed by atoms with Crippen LogP contribution in [0.4, 0.5) is 0 Å². The molecule has 0 radical (unpaired) electrons. The molecule has 46 valence electrons. The summed E-state index contributed by atoms with van der Waals surface area (Å²) >= 11 is 0. The first kappa shape index (κ1) is 4.84. The van der Waals surface area contributed by atoms with Crippen LogP contribution in [0.5, 0.6) is 0 Å². The van der Waals surface area contributed by atoms with Gasteiger partial charge in [-0.1, -0.05) is 13.3 Å². The molecule has 0 heteroatoms. The van der Waals surface area contributed by atoms with Crippen molar-refractivity contribution in [1.82, 2.24) is 0 Å². The molecule has 0 saturated heterocycles. The maximum Gasteiger partial charge on any atom is -0.0292 e. The number of hydrogen-bond donors (Lipinski definition) is 0. The van der Waals surface area contributed by atoms with Crippen molar-refractivity contribution in [3.63, 3.8) is 0 Å². The van der Waals surface area contributed by atoms with Crippen molar-refractivity contribution in [1.29, 1.82) is 0 Å². The van der Waals surface area contributed by atoms with Gasteiger partial charge < -0.3 is 0 Å². The van der Waals surface area contributed by atoms with Gasteiger partial charge in [0.15, 0.2) is 0 Å². The molecule has 8 heavy (non-hydrogen) atoms. The van der Waals surface area contributed by atoms with Crippen molar-refractivity contribution in [2.75, 3.05) is 0 Å². The van der Waals surface area contributed by atoms with E-state index in [2.05, 4.69) is 6.92 Å². The van der Waals surface area contributed by atoms with E-state index in [-0.39, 0.29) is 0 Å². The van der Waals surface area contributed by atoms with Crippen LogP contribution in [0.2, 0.25) is 0 Å². The SMILES string of the molecule is CC1CC2(CCC2)C1. The normalized spacial score (nSPS) is 34.1. The molecule has 2 saturated carbocycles. The van der Waals surface area contributed by atoms with Crippen molar-refractivity contribution in [2.24, 2.45) is 11.3 Å². The first-order valence-corrected chi connectivity index (χ1v) is 3.81. The minimum absolute atomic E-state index is 0.916. The predicted octanol–water partition coefficient (Wildman–Crippen LogP) is 2.59. The van der Waals surface area contributed by atoms with E-state index in [9.17, 15) is 0 Å². The lowest BCUT2D eigenvalue weighted by Crippen LogP contribution is -2.41. The quantitative estimate of drug-likeness (QED) is 0.449. The molecule has 0 N–H and O–H groups in total. The Bertz CT molecular complexity index is 92.6. The zero-order chi connectivity index (χ0) is 5.61. The zero-order valence-corrected chi connectivity index (χ0v) is 5.61. The second-order valence-electron chi connectivity index (χ2n) is 3.87. The molecule has 2 aliphatic carbocycles. The third-order valence-electron chi connectivity index (χ3n) is 2.98. The molecule has 0 aromatic rings. The minimum Gasteiger partial charge on any atom is -0.0625 e. The van der Waals surface area contributed by atoms with Crippen LogP contribution in [0, 0.1) is 11.3 Å². The van der Waals surface area contributed by atoms with E-state index >= 15 is 0 Å². The minimum atomic E-state index is 0.916. The molecule has 0 heterocycles. The Balaban J connectivity index is 1.92. The summed E-state index contributed by atoms with van der Waals surface area (Å²) in [6, 6.07) is 0. The van der Waals surface area contributed by atoms with Crippen molar-refractivity contribution >= 4 is 0 Å². The molecule has 1 spiro atoms. The molecular formula is C8H14. The predicted molar refractivity (Wildman–Crippen MR) is 34.7 cm³/mol. The van der Waals surface area contributed by atoms with E-state index in [1.807, 2.05) is 0 Å². The number of rotatable bonds is 0. The van der Waals surface area contributed by atoms with Gasteiger partial charge in [0.2, 0.25) is 0 Å². The lowest BCUT2D eigenvalue weighted by Gasteiger charge is -2.53. The van der Waals surface area contributed by atoms with E-state index in [1.54, 1.807) is 25.7 Å². The van der Waals surface area contributed by atoms with E-state index in [4.69, 9.17) is 0 Å². The van der Waals surface area contributed by atoms with Gasteiger partial charge in [-0.25, -0.2) is 0 Å². The van der Waals surface area contributed by atoms with Crippen molar-refractivity contribution in [3.05, 3.63) is 0 Å². The smallest absolute Gasteiger partial charge is 0.0292 e. The Labute approximate surface area is 51.3 Å². The van der Waals surface area contributed by atoms with Crippen molar-refractivity contribution in [3.8, 4) is 0 Å². The van der Waals surface area contributed by atoms with Gasteiger partial charge in [-0.2, -0.15) is 0 Å². The van der Waals surface area contributed by atoms with Crippen molar-refractivity contribution in [2.45, 2.75) is 39.0 Å². The van der Waals surface area contributed by atoms with Gasteiger partial charge in [-0.05, 0) is 37.0 Å². The average Bonchev–Trinajstić information content (AvgIpc) is 1.51. The Morgan fingerprint density at radius 2 is 1.88 bits per heavy atom. The molecule has 0 nitrogen and oxygen atoms in total. The highest BCUT2D eigenvalue weighted by Gasteiger charge is 2.45. The van der Waals surface area contributed by atoms with E-state index in [1.165, 1.54) is 6.42 Å². The molecule has 0 unspecified atom stereocenters. The van der Waals surface area contributed by atoms with Gasteiger partial charge in [0.25, 0.3) is 0 Å². The fourth-order valence-electron chi connectivity index (χ4n) is 2.50. The Kier molecular flexibility index (Phi) is 0.778. The summed E-state index contributed by atoms with van der Waals surface area (Å²) in [5.41, 5.74) is 0.916. The first-order chi connectivity index (χ1) is 3.81. The summed E-state index contributed by atoms with van der Waals surface area (Å²) in [6.45, 7) is 2.38. The Hall–Kier alpha value is 0. The molecule has 0 aliphatic heterocycles. The van der Waals surface area contributed by atoms with Gasteiger partial charge in [-0.3, -0.25) is 0 Å². The maximum atomic E-state index is 2.38. The molecular weight excluding hydrogens is 96.1 g/mol. The summed E-state index contributed by atoms with van der Waals surface area (Å²) in [5, 5.41) is 0. The molecule has 2 rings (SSSR count). The lowest BCUT2D eigenvalue weighted by atomic mass is 9.52. The van der Waals surface area contributed by atoms with Crippen molar-refractivity contribution < 1.29 is 0 Å². The van der Waals surface area contributed by atoms with Gasteiger partial charge in [0.05, 0.1) is 0 Å². The van der Waals surface area contributed by atoms with Crippen LogP contribution >= 0.6 is 0 Å². The highest BCUT2D eigenvalue weighted by atomic mass is 14.5. The van der Waals surface area contributed by atoms with E-state index in [0.29, 0.717) is 0 Å². The monoisotopic (exact) mass is 110 g/mol. The van der Waals surface area contributed by atoms with Crippen LogP contribution < -0.4 is 0 Å². The highest BCUT2D eigenvalue weighted by molar-refractivity contribution is 4.97. The second-order valence-corrected chi connectivity index (χ2v) is 3.87. The van der Waals surface area contributed by atoms with Gasteiger partial charge in [0.1, 0.15) is 0 Å². The molecule has 2 aliphatic rings. The third kappa shape index (κ3) is 0.463. The number of hydrogen-bond acceptors (Lipinski definition) is 0. The van der Waals surface area contributed by atoms with E-state index in [0.717, 1.165) is 11.3 Å². The summed E-state index contributed by atoms with van der Waals surface area (Å²) in [5.74, 6) is 1.07. The van der Waals surface area contributed by atoms with Gasteiger partial charge >= 0.3 is 0 Å². The standard InChI is InChI=1S/C8H14/c1-7-5-8(6-7)3-2-4-8/h7H,2-6H2,1H3. The summed E-state index contributed by atoms with van der Waals surface area (Å²) in [6.07, 6.45) is 7.72. The van der Waals surface area contributed by atoms with E-state index < -0.39 is 0 Å². The molecule has 0 atom stereocenters. The third-order valence-corrected chi connectivity index (χ3v) is 2.98. The van der Waals surface area contributed by atoms with Crippen LogP contribution in [-0.2, 0) is 0 Å². The van der Waals surface area contributed by atoms with Crippen LogP contribution in [-0.4, -0.2) is 0 Å². The largest absolute Gasteiger partial charge is 0.0625 e. The first-order valence-electron chi connectivity index (χ1n) is 3.81. The van der Waals surface area contributed by atoms with Crippen LogP contribution in [0.1, 0.15) is 39.0 Å². The van der Waals surface area contributed by atoms with Crippen LogP contribution in [0.15, 0.2) is 0 Å². The van der Waals surface area contributed by atoms with Crippen LogP contribution in [0.3, 0.4) is 0 Å². The van der Waals surface area contributed by atoms with Gasteiger partial charge in [-0.15, -0.1) is 0 Å². The van der Waals surface area contributed by atoms with Gasteiger partial charge in [0, 0.05) is 0 Å². The summed E-state index contributed by atoms with van der Waals surface area (Å²) < 4.78 is 0. The average molecular weight is 110 g/mol. The molecule has 0 amide bonds. The highest BCUT2D eigenvalue weighted by Crippen LogP contribution is 2.58. The lowest BCUT2D eigenvalue weighted by molar-refractivity contribution is -0.0161. The summed E-state index contributed by atoms with van der Waals surface area (Å²) in [7, 11) is 0. The summed E-state index contributed by atoms with van der Waals surface area (Å²) in [4.78, 5) is 0. The van der Waals surface area contributed by atoms with Crippen LogP contribution in [0.25, 0.3) is 0 Å². The zero-order valence-electron chi connectivity index (χ0n) is 5.61. The molecule has 0 bridgehead atoms. The second kappa shape index (κ2) is 1.29. The Morgan fingerprint density at radius 3 is 2.00 bits per heavy atom. The fraction of sp³-hybridized carbons (Fsp3) is 1.00. The molecule has 0 aromatic heterocycles. The Morgan fingerprint density at radius 1 is 1.25 bits per heavy atom. The molecule has 2 fully saturated rings.